The third-order valence-corrected chi connectivity index (χ3v) is 3.44. The molecular weight excluding hydrogens is 326 g/mol. The second-order valence-electron chi connectivity index (χ2n) is 5.33. The summed E-state index contributed by atoms with van der Waals surface area (Å²) >= 11 is 5.87. The van der Waals surface area contributed by atoms with Crippen LogP contribution >= 0.6 is 11.6 Å². The fourth-order valence-electron chi connectivity index (χ4n) is 2.01. The number of benzene rings is 2. The van der Waals surface area contributed by atoms with Gasteiger partial charge in [-0.25, -0.2) is 4.79 Å². The summed E-state index contributed by atoms with van der Waals surface area (Å²) in [6.45, 7) is 3.45. The molecule has 1 amide bonds. The highest BCUT2D eigenvalue weighted by molar-refractivity contribution is 6.30. The number of carbonyl (C=O) groups is 2. The number of hydrogen-bond acceptors (Lipinski definition) is 3. The van der Waals surface area contributed by atoms with Crippen LogP contribution in [0.5, 0.6) is 0 Å². The van der Waals surface area contributed by atoms with E-state index in [0.717, 1.165) is 11.1 Å². The zero-order valence-corrected chi connectivity index (χ0v) is 14.2. The topological polar surface area (TPSA) is 55.4 Å². The van der Waals surface area contributed by atoms with Gasteiger partial charge in [0.05, 0.1) is 0 Å². The lowest BCUT2D eigenvalue weighted by Gasteiger charge is -2.12. The summed E-state index contributed by atoms with van der Waals surface area (Å²) in [7, 11) is 0. The van der Waals surface area contributed by atoms with E-state index >= 15 is 0 Å². The summed E-state index contributed by atoms with van der Waals surface area (Å²) in [6.07, 6.45) is 1.95. The molecule has 0 bridgehead atoms. The number of ether oxygens (including phenoxy) is 1. The molecule has 0 aromatic heterocycles. The summed E-state index contributed by atoms with van der Waals surface area (Å²) in [5, 5.41) is 3.29. The highest BCUT2D eigenvalue weighted by Gasteiger charge is 2.16. The Kier molecular flexibility index (Phi) is 6.15. The van der Waals surface area contributed by atoms with Gasteiger partial charge < -0.3 is 10.1 Å². The van der Waals surface area contributed by atoms with Crippen molar-refractivity contribution in [2.45, 2.75) is 20.0 Å². The number of rotatable bonds is 5. The fourth-order valence-corrected chi connectivity index (χ4v) is 2.21. The molecule has 0 spiro atoms. The summed E-state index contributed by atoms with van der Waals surface area (Å²) in [5.41, 5.74) is 2.47. The van der Waals surface area contributed by atoms with Gasteiger partial charge in [-0.2, -0.15) is 0 Å². The van der Waals surface area contributed by atoms with Crippen LogP contribution in [-0.4, -0.2) is 18.0 Å². The molecule has 0 aliphatic heterocycles. The standard InChI is InChI=1S/C19H18ClNO3/c1-13-5-3-8-17(11-13)21-19(23)14(2)24-18(22)10-9-15-6-4-7-16(20)12-15/h3-12,14H,1-2H3,(H,21,23)/b10-9+/t14-/m1/s1. The van der Waals surface area contributed by atoms with Crippen molar-refractivity contribution < 1.29 is 14.3 Å². The molecule has 4 nitrogen and oxygen atoms in total. The van der Waals surface area contributed by atoms with Crippen LogP contribution in [0, 0.1) is 6.92 Å². The molecule has 2 rings (SSSR count). The minimum Gasteiger partial charge on any atom is -0.449 e. The Bertz CT molecular complexity index is 771. The fraction of sp³-hybridized carbons (Fsp3) is 0.158. The first-order chi connectivity index (χ1) is 11.4. The third kappa shape index (κ3) is 5.56. The molecule has 0 saturated carbocycles. The molecule has 0 fully saturated rings. The number of anilines is 1. The lowest BCUT2D eigenvalue weighted by atomic mass is 10.2. The molecule has 2 aromatic carbocycles. The van der Waals surface area contributed by atoms with E-state index in [2.05, 4.69) is 5.32 Å². The van der Waals surface area contributed by atoms with E-state index in [4.69, 9.17) is 16.3 Å². The van der Waals surface area contributed by atoms with Crippen LogP contribution in [0.15, 0.2) is 54.6 Å². The van der Waals surface area contributed by atoms with Crippen molar-refractivity contribution in [2.75, 3.05) is 5.32 Å². The Morgan fingerprint density at radius 2 is 1.92 bits per heavy atom. The van der Waals surface area contributed by atoms with E-state index in [-0.39, 0.29) is 5.91 Å². The van der Waals surface area contributed by atoms with Crippen molar-refractivity contribution in [3.63, 3.8) is 0 Å². The second-order valence-corrected chi connectivity index (χ2v) is 5.76. The second kappa shape index (κ2) is 8.31. The average Bonchev–Trinajstić information content (AvgIpc) is 2.53. The van der Waals surface area contributed by atoms with Gasteiger partial charge >= 0.3 is 5.97 Å². The molecule has 0 unspecified atom stereocenters. The first-order valence-corrected chi connectivity index (χ1v) is 7.83. The van der Waals surface area contributed by atoms with Crippen molar-refractivity contribution in [3.05, 3.63) is 70.8 Å². The first-order valence-electron chi connectivity index (χ1n) is 7.46. The minimum absolute atomic E-state index is 0.384. The molecule has 0 heterocycles. The molecule has 2 aromatic rings. The van der Waals surface area contributed by atoms with E-state index in [1.165, 1.54) is 13.0 Å². The lowest BCUT2D eigenvalue weighted by molar-refractivity contribution is -0.148. The molecular formula is C19H18ClNO3. The smallest absolute Gasteiger partial charge is 0.331 e. The summed E-state index contributed by atoms with van der Waals surface area (Å²) in [5.74, 6) is -0.980. The normalized spacial score (nSPS) is 12.0. The van der Waals surface area contributed by atoms with Crippen molar-refractivity contribution in [2.24, 2.45) is 0 Å². The molecule has 0 aliphatic rings. The van der Waals surface area contributed by atoms with Gasteiger partial charge in [-0.1, -0.05) is 35.9 Å². The maximum absolute atomic E-state index is 12.0. The molecule has 24 heavy (non-hydrogen) atoms. The zero-order chi connectivity index (χ0) is 17.5. The predicted molar refractivity (Wildman–Crippen MR) is 95.8 cm³/mol. The number of hydrogen-bond donors (Lipinski definition) is 1. The van der Waals surface area contributed by atoms with E-state index in [9.17, 15) is 9.59 Å². The largest absolute Gasteiger partial charge is 0.449 e. The number of halogens is 1. The average molecular weight is 344 g/mol. The molecule has 0 saturated heterocycles. The van der Waals surface area contributed by atoms with Gasteiger partial charge in [0, 0.05) is 16.8 Å². The monoisotopic (exact) mass is 343 g/mol. The Morgan fingerprint density at radius 1 is 1.17 bits per heavy atom. The van der Waals surface area contributed by atoms with Gasteiger partial charge in [-0.05, 0) is 55.3 Å². The third-order valence-electron chi connectivity index (χ3n) is 3.21. The summed E-state index contributed by atoms with van der Waals surface area (Å²) in [6, 6.07) is 14.4. The van der Waals surface area contributed by atoms with Crippen LogP contribution < -0.4 is 5.32 Å². The van der Waals surface area contributed by atoms with Gasteiger partial charge in [0.15, 0.2) is 6.10 Å². The van der Waals surface area contributed by atoms with Crippen molar-refractivity contribution in [1.82, 2.24) is 0 Å². The zero-order valence-electron chi connectivity index (χ0n) is 13.5. The lowest BCUT2D eigenvalue weighted by Crippen LogP contribution is -2.29. The van der Waals surface area contributed by atoms with Gasteiger partial charge in [0.25, 0.3) is 5.91 Å². The molecule has 0 radical (unpaired) electrons. The highest BCUT2D eigenvalue weighted by Crippen LogP contribution is 2.12. The van der Waals surface area contributed by atoms with E-state index in [1.807, 2.05) is 31.2 Å². The van der Waals surface area contributed by atoms with Crippen LogP contribution in [0.1, 0.15) is 18.1 Å². The molecule has 124 valence electrons. The van der Waals surface area contributed by atoms with Gasteiger partial charge in [-0.15, -0.1) is 0 Å². The number of esters is 1. The number of nitrogens with one attached hydrogen (secondary N) is 1. The van der Waals surface area contributed by atoms with Crippen molar-refractivity contribution in [3.8, 4) is 0 Å². The van der Waals surface area contributed by atoms with Crippen LogP contribution in [0.4, 0.5) is 5.69 Å². The number of carbonyl (C=O) groups excluding carboxylic acids is 2. The molecule has 1 atom stereocenters. The Labute approximate surface area is 146 Å². The van der Waals surface area contributed by atoms with E-state index < -0.39 is 12.1 Å². The van der Waals surface area contributed by atoms with E-state index in [1.54, 1.807) is 30.3 Å². The SMILES string of the molecule is Cc1cccc(NC(=O)[C@@H](C)OC(=O)/C=C/c2cccc(Cl)c2)c1. The highest BCUT2D eigenvalue weighted by atomic mass is 35.5. The Balaban J connectivity index is 1.89. The Hall–Kier alpha value is -2.59. The van der Waals surface area contributed by atoms with Gasteiger partial charge in [-0.3, -0.25) is 4.79 Å². The van der Waals surface area contributed by atoms with Crippen LogP contribution in [-0.2, 0) is 14.3 Å². The summed E-state index contributed by atoms with van der Waals surface area (Å²) < 4.78 is 5.10. The van der Waals surface area contributed by atoms with Gasteiger partial charge in [0.2, 0.25) is 0 Å². The van der Waals surface area contributed by atoms with Crippen molar-refractivity contribution in [1.29, 1.82) is 0 Å². The molecule has 5 heteroatoms. The van der Waals surface area contributed by atoms with Crippen LogP contribution in [0.2, 0.25) is 5.02 Å². The minimum atomic E-state index is -0.901. The number of amides is 1. The van der Waals surface area contributed by atoms with Gasteiger partial charge in [0.1, 0.15) is 0 Å². The summed E-state index contributed by atoms with van der Waals surface area (Å²) in [4.78, 5) is 23.8. The maximum Gasteiger partial charge on any atom is 0.331 e. The first kappa shape index (κ1) is 17.8. The predicted octanol–water partition coefficient (Wildman–Crippen LogP) is 4.23. The quantitative estimate of drug-likeness (QED) is 0.652. The van der Waals surface area contributed by atoms with Crippen molar-refractivity contribution >= 4 is 35.2 Å². The molecule has 1 N–H and O–H groups in total. The van der Waals surface area contributed by atoms with Crippen LogP contribution in [0.3, 0.4) is 0 Å². The molecule has 0 aliphatic carbocycles. The Morgan fingerprint density at radius 3 is 2.62 bits per heavy atom. The van der Waals surface area contributed by atoms with Crippen LogP contribution in [0.25, 0.3) is 6.08 Å². The van der Waals surface area contributed by atoms with E-state index in [0.29, 0.717) is 10.7 Å². The maximum atomic E-state index is 12.0. The number of aryl methyl sites for hydroxylation is 1.